The lowest BCUT2D eigenvalue weighted by Crippen LogP contribution is -2.32. The van der Waals surface area contributed by atoms with Crippen LogP contribution in [0.5, 0.6) is 5.75 Å². The first-order valence-electron chi connectivity index (χ1n) is 5.79. The topological polar surface area (TPSA) is 67.6 Å². The Morgan fingerprint density at radius 1 is 1.56 bits per heavy atom. The molecule has 5 nitrogen and oxygen atoms in total. The average molecular weight is 314 g/mol. The fraction of sp³-hybridized carbons (Fsp3) is 0.417. The summed E-state index contributed by atoms with van der Waals surface area (Å²) < 4.78 is 6.60. The van der Waals surface area contributed by atoms with E-state index in [0.717, 1.165) is 16.6 Å². The quantitative estimate of drug-likeness (QED) is 0.832. The van der Waals surface area contributed by atoms with E-state index in [9.17, 15) is 4.79 Å². The van der Waals surface area contributed by atoms with Gasteiger partial charge in [0.1, 0.15) is 12.4 Å². The lowest BCUT2D eigenvalue weighted by Gasteiger charge is -2.16. The van der Waals surface area contributed by atoms with Gasteiger partial charge in [-0.2, -0.15) is 0 Å². The van der Waals surface area contributed by atoms with Gasteiger partial charge >= 0.3 is 6.03 Å². The normalized spacial score (nSPS) is 14.8. The number of aryl methyl sites for hydroxylation is 1. The molecule has 0 radical (unpaired) electrons. The van der Waals surface area contributed by atoms with Gasteiger partial charge in [0, 0.05) is 17.6 Å². The highest BCUT2D eigenvalue weighted by Gasteiger charge is 2.19. The molecule has 1 aliphatic heterocycles. The zero-order valence-corrected chi connectivity index (χ0v) is 11.8. The number of hydrogen-bond donors (Lipinski definition) is 2. The SMILES string of the molecule is Cc1cc(Br)cc(N)c1OCCN1CCNC1=O. The first-order chi connectivity index (χ1) is 8.58. The molecular formula is C12H16BrN3O2. The fourth-order valence-electron chi connectivity index (χ4n) is 1.94. The van der Waals surface area contributed by atoms with Crippen molar-refractivity contribution >= 4 is 27.6 Å². The molecule has 1 saturated heterocycles. The molecule has 0 bridgehead atoms. The van der Waals surface area contributed by atoms with Crippen molar-refractivity contribution in [3.05, 3.63) is 22.2 Å². The summed E-state index contributed by atoms with van der Waals surface area (Å²) in [6.45, 7) is 4.40. The van der Waals surface area contributed by atoms with E-state index < -0.39 is 0 Å². The lowest BCUT2D eigenvalue weighted by atomic mass is 10.2. The van der Waals surface area contributed by atoms with Crippen molar-refractivity contribution in [2.75, 3.05) is 32.0 Å². The molecule has 0 atom stereocenters. The van der Waals surface area contributed by atoms with E-state index in [1.165, 1.54) is 0 Å². The number of nitrogen functional groups attached to an aromatic ring is 1. The van der Waals surface area contributed by atoms with E-state index in [1.54, 1.807) is 4.90 Å². The molecule has 0 saturated carbocycles. The van der Waals surface area contributed by atoms with E-state index in [2.05, 4.69) is 21.2 Å². The van der Waals surface area contributed by atoms with Crippen LogP contribution < -0.4 is 15.8 Å². The minimum absolute atomic E-state index is 0.0286. The minimum Gasteiger partial charge on any atom is -0.489 e. The monoisotopic (exact) mass is 313 g/mol. The summed E-state index contributed by atoms with van der Waals surface area (Å²) in [5, 5.41) is 2.75. The number of rotatable bonds is 4. The Morgan fingerprint density at radius 2 is 2.33 bits per heavy atom. The summed E-state index contributed by atoms with van der Waals surface area (Å²) in [4.78, 5) is 13.1. The predicted molar refractivity (Wildman–Crippen MR) is 73.8 cm³/mol. The van der Waals surface area contributed by atoms with Gasteiger partial charge in [0.05, 0.1) is 12.2 Å². The number of anilines is 1. The Balaban J connectivity index is 1.92. The van der Waals surface area contributed by atoms with Crippen molar-refractivity contribution in [2.45, 2.75) is 6.92 Å². The van der Waals surface area contributed by atoms with Crippen molar-refractivity contribution in [2.24, 2.45) is 0 Å². The second-order valence-electron chi connectivity index (χ2n) is 4.21. The molecule has 2 amide bonds. The molecule has 3 N–H and O–H groups in total. The predicted octanol–water partition coefficient (Wildman–Crippen LogP) is 1.74. The standard InChI is InChI=1S/C12H16BrN3O2/c1-8-6-9(13)7-10(14)11(8)18-5-4-16-3-2-15-12(16)17/h6-7H,2-5,14H2,1H3,(H,15,17). The van der Waals surface area contributed by atoms with Crippen LogP contribution in [-0.4, -0.2) is 37.2 Å². The maximum atomic E-state index is 11.3. The number of nitrogens with zero attached hydrogens (tertiary/aromatic N) is 1. The van der Waals surface area contributed by atoms with Crippen molar-refractivity contribution in [1.29, 1.82) is 0 Å². The first kappa shape index (κ1) is 13.0. The number of carbonyl (C=O) groups is 1. The number of carbonyl (C=O) groups excluding carboxylic acids is 1. The third kappa shape index (κ3) is 2.87. The van der Waals surface area contributed by atoms with Crippen molar-refractivity contribution < 1.29 is 9.53 Å². The van der Waals surface area contributed by atoms with Gasteiger partial charge in [-0.3, -0.25) is 0 Å². The molecule has 18 heavy (non-hydrogen) atoms. The Labute approximate surface area is 114 Å². The van der Waals surface area contributed by atoms with Gasteiger partial charge < -0.3 is 20.7 Å². The summed E-state index contributed by atoms with van der Waals surface area (Å²) in [7, 11) is 0. The molecule has 0 spiro atoms. The van der Waals surface area contributed by atoms with E-state index in [0.29, 0.717) is 31.1 Å². The molecule has 1 aliphatic rings. The van der Waals surface area contributed by atoms with Crippen LogP contribution >= 0.6 is 15.9 Å². The molecule has 1 fully saturated rings. The van der Waals surface area contributed by atoms with Gasteiger partial charge in [0.25, 0.3) is 0 Å². The molecule has 2 rings (SSSR count). The van der Waals surface area contributed by atoms with Gasteiger partial charge in [0.15, 0.2) is 0 Å². The fourth-order valence-corrected chi connectivity index (χ4v) is 2.53. The van der Waals surface area contributed by atoms with Crippen LogP contribution in [0.15, 0.2) is 16.6 Å². The minimum atomic E-state index is -0.0286. The maximum Gasteiger partial charge on any atom is 0.317 e. The molecule has 0 unspecified atom stereocenters. The number of ether oxygens (including phenoxy) is 1. The van der Waals surface area contributed by atoms with E-state index in [-0.39, 0.29) is 6.03 Å². The zero-order chi connectivity index (χ0) is 13.1. The lowest BCUT2D eigenvalue weighted by molar-refractivity contribution is 0.202. The van der Waals surface area contributed by atoms with Crippen LogP contribution in [0.4, 0.5) is 10.5 Å². The number of urea groups is 1. The molecule has 0 aromatic heterocycles. The number of halogens is 1. The summed E-state index contributed by atoms with van der Waals surface area (Å²) in [5.41, 5.74) is 7.48. The summed E-state index contributed by atoms with van der Waals surface area (Å²) >= 11 is 3.38. The smallest absolute Gasteiger partial charge is 0.317 e. The Hall–Kier alpha value is -1.43. The summed E-state index contributed by atoms with van der Waals surface area (Å²) in [6.07, 6.45) is 0. The highest BCUT2D eigenvalue weighted by atomic mass is 79.9. The number of nitrogens with two attached hydrogens (primary N) is 1. The molecule has 1 heterocycles. The van der Waals surface area contributed by atoms with Crippen LogP contribution in [-0.2, 0) is 0 Å². The second-order valence-corrected chi connectivity index (χ2v) is 5.12. The van der Waals surface area contributed by atoms with Crippen LogP contribution in [0.25, 0.3) is 0 Å². The number of amides is 2. The number of benzene rings is 1. The Bertz CT molecular complexity index is 442. The summed E-state index contributed by atoms with van der Waals surface area (Å²) in [5.74, 6) is 0.692. The van der Waals surface area contributed by atoms with Gasteiger partial charge in [-0.15, -0.1) is 0 Å². The van der Waals surface area contributed by atoms with E-state index in [1.807, 2.05) is 19.1 Å². The van der Waals surface area contributed by atoms with Gasteiger partial charge in [-0.1, -0.05) is 15.9 Å². The van der Waals surface area contributed by atoms with Crippen molar-refractivity contribution in [1.82, 2.24) is 10.2 Å². The van der Waals surface area contributed by atoms with Gasteiger partial charge in [0.2, 0.25) is 0 Å². The third-order valence-corrected chi connectivity index (χ3v) is 3.28. The second kappa shape index (κ2) is 5.48. The number of hydrogen-bond acceptors (Lipinski definition) is 3. The third-order valence-electron chi connectivity index (χ3n) is 2.82. The Morgan fingerprint density at radius 3 is 2.94 bits per heavy atom. The van der Waals surface area contributed by atoms with E-state index >= 15 is 0 Å². The molecule has 6 heteroatoms. The van der Waals surface area contributed by atoms with Gasteiger partial charge in [-0.25, -0.2) is 4.79 Å². The van der Waals surface area contributed by atoms with E-state index in [4.69, 9.17) is 10.5 Å². The highest BCUT2D eigenvalue weighted by Crippen LogP contribution is 2.29. The Kier molecular flexibility index (Phi) is 3.96. The first-order valence-corrected chi connectivity index (χ1v) is 6.58. The zero-order valence-electron chi connectivity index (χ0n) is 10.2. The van der Waals surface area contributed by atoms with Crippen LogP contribution in [0.1, 0.15) is 5.56 Å². The van der Waals surface area contributed by atoms with Gasteiger partial charge in [-0.05, 0) is 24.6 Å². The van der Waals surface area contributed by atoms with Crippen LogP contribution in [0, 0.1) is 6.92 Å². The molecule has 1 aromatic rings. The van der Waals surface area contributed by atoms with Crippen molar-refractivity contribution in [3.8, 4) is 5.75 Å². The van der Waals surface area contributed by atoms with Crippen LogP contribution in [0.3, 0.4) is 0 Å². The molecular weight excluding hydrogens is 298 g/mol. The van der Waals surface area contributed by atoms with Crippen LogP contribution in [0.2, 0.25) is 0 Å². The summed E-state index contributed by atoms with van der Waals surface area (Å²) in [6, 6.07) is 3.73. The number of nitrogens with one attached hydrogen (secondary N) is 1. The molecule has 98 valence electrons. The maximum absolute atomic E-state index is 11.3. The molecule has 0 aliphatic carbocycles. The largest absolute Gasteiger partial charge is 0.489 e. The average Bonchev–Trinajstić information content (AvgIpc) is 2.68. The highest BCUT2D eigenvalue weighted by molar-refractivity contribution is 9.10. The van der Waals surface area contributed by atoms with Crippen molar-refractivity contribution in [3.63, 3.8) is 0 Å². The molecule has 1 aromatic carbocycles.